The number of rotatable bonds is 7. The van der Waals surface area contributed by atoms with Crippen LogP contribution in [-0.4, -0.2) is 59.5 Å². The van der Waals surface area contributed by atoms with Gasteiger partial charge in [0.15, 0.2) is 11.6 Å². The van der Waals surface area contributed by atoms with Gasteiger partial charge in [-0.05, 0) is 53.8 Å². The van der Waals surface area contributed by atoms with Gasteiger partial charge in [-0.2, -0.15) is 0 Å². The van der Waals surface area contributed by atoms with E-state index in [0.717, 1.165) is 16.7 Å². The van der Waals surface area contributed by atoms with Crippen LogP contribution < -0.4 is 15.5 Å². The molecule has 42 heavy (non-hydrogen) atoms. The van der Waals surface area contributed by atoms with E-state index in [4.69, 9.17) is 11.6 Å². The fourth-order valence-electron chi connectivity index (χ4n) is 6.00. The minimum Gasteiger partial charge on any atom is -0.351 e. The van der Waals surface area contributed by atoms with E-state index in [1.807, 2.05) is 18.2 Å². The molecule has 11 heteroatoms. The number of halogens is 3. The Bertz CT molecular complexity index is 1550. The Hall–Kier alpha value is -3.89. The highest BCUT2D eigenvalue weighted by atomic mass is 35.5. The van der Waals surface area contributed by atoms with Crippen LogP contribution >= 0.6 is 11.6 Å². The molecule has 2 saturated heterocycles. The van der Waals surface area contributed by atoms with Crippen LogP contribution in [0.4, 0.5) is 14.6 Å². The lowest BCUT2D eigenvalue weighted by atomic mass is 9.94. The molecule has 3 amide bonds. The second-order valence-electron chi connectivity index (χ2n) is 11.1. The van der Waals surface area contributed by atoms with Crippen molar-refractivity contribution in [1.82, 2.24) is 20.5 Å². The maximum absolute atomic E-state index is 15.2. The maximum Gasteiger partial charge on any atom is 0.255 e. The number of amides is 3. The molecule has 2 N–H and O–H groups in total. The van der Waals surface area contributed by atoms with Crippen LogP contribution in [0.2, 0.25) is 5.02 Å². The van der Waals surface area contributed by atoms with Gasteiger partial charge in [-0.25, -0.2) is 13.8 Å². The van der Waals surface area contributed by atoms with E-state index < -0.39 is 23.9 Å². The van der Waals surface area contributed by atoms with Gasteiger partial charge in [-0.15, -0.1) is 0 Å². The van der Waals surface area contributed by atoms with Crippen LogP contribution in [0.25, 0.3) is 11.1 Å². The van der Waals surface area contributed by atoms with Crippen molar-refractivity contribution in [2.45, 2.75) is 44.6 Å². The fourth-order valence-corrected chi connectivity index (χ4v) is 6.19. The molecule has 0 radical (unpaired) electrons. The summed E-state index contributed by atoms with van der Waals surface area (Å²) in [7, 11) is 0. The van der Waals surface area contributed by atoms with Crippen molar-refractivity contribution in [3.8, 4) is 11.1 Å². The molecule has 2 fully saturated rings. The Kier molecular flexibility index (Phi) is 7.92. The molecule has 1 aromatic heterocycles. The molecule has 2 aromatic carbocycles. The van der Waals surface area contributed by atoms with Gasteiger partial charge in [0, 0.05) is 60.9 Å². The molecule has 4 heterocycles. The van der Waals surface area contributed by atoms with E-state index in [1.165, 1.54) is 11.0 Å². The first kappa shape index (κ1) is 28.2. The summed E-state index contributed by atoms with van der Waals surface area (Å²) in [5.74, 6) is -1.54. The van der Waals surface area contributed by atoms with Gasteiger partial charge in [0.1, 0.15) is 12.2 Å². The first-order valence-electron chi connectivity index (χ1n) is 14.0. The Morgan fingerprint density at radius 1 is 1.07 bits per heavy atom. The summed E-state index contributed by atoms with van der Waals surface area (Å²) in [6, 6.07) is 13.4. The van der Waals surface area contributed by atoms with E-state index in [0.29, 0.717) is 55.2 Å². The molecule has 0 saturated carbocycles. The molecule has 8 nitrogen and oxygen atoms in total. The second-order valence-corrected chi connectivity index (χ2v) is 11.5. The number of benzene rings is 2. The molecule has 3 atom stereocenters. The summed E-state index contributed by atoms with van der Waals surface area (Å²) in [5, 5.41) is 6.19. The molecule has 3 aliphatic heterocycles. The van der Waals surface area contributed by atoms with Crippen LogP contribution in [0.3, 0.4) is 0 Å². The van der Waals surface area contributed by atoms with Crippen LogP contribution in [-0.2, 0) is 22.7 Å². The largest absolute Gasteiger partial charge is 0.351 e. The molecule has 6 rings (SSSR count). The summed E-state index contributed by atoms with van der Waals surface area (Å²) in [4.78, 5) is 44.1. The molecule has 218 valence electrons. The SMILES string of the molecule is O=C1CCC(N2Cc3cc(CNCC4CCN(c5ncc(-c6cccc(Cl)c6)cc5F)CC4F)ccc3C2=O)C(=O)N1. The van der Waals surface area contributed by atoms with Crippen molar-refractivity contribution < 1.29 is 23.2 Å². The molecule has 0 spiro atoms. The minimum absolute atomic E-state index is 0.0594. The van der Waals surface area contributed by atoms with E-state index >= 15 is 4.39 Å². The number of pyridine rings is 1. The summed E-state index contributed by atoms with van der Waals surface area (Å²) < 4.78 is 30.2. The van der Waals surface area contributed by atoms with Crippen molar-refractivity contribution >= 4 is 35.1 Å². The maximum atomic E-state index is 15.2. The van der Waals surface area contributed by atoms with Gasteiger partial charge in [0.2, 0.25) is 11.8 Å². The van der Waals surface area contributed by atoms with Crippen LogP contribution in [0.5, 0.6) is 0 Å². The van der Waals surface area contributed by atoms with Gasteiger partial charge in [-0.1, -0.05) is 35.9 Å². The van der Waals surface area contributed by atoms with Crippen LogP contribution in [0.15, 0.2) is 54.7 Å². The predicted octanol–water partition coefficient (Wildman–Crippen LogP) is 4.26. The fraction of sp³-hybridized carbons (Fsp3) is 0.355. The van der Waals surface area contributed by atoms with Crippen molar-refractivity contribution in [2.24, 2.45) is 5.92 Å². The number of aromatic nitrogens is 1. The Labute approximate surface area is 247 Å². The van der Waals surface area contributed by atoms with E-state index in [9.17, 15) is 18.8 Å². The number of hydrogen-bond donors (Lipinski definition) is 2. The summed E-state index contributed by atoms with van der Waals surface area (Å²) >= 11 is 6.05. The van der Waals surface area contributed by atoms with Gasteiger partial charge < -0.3 is 15.1 Å². The third-order valence-corrected chi connectivity index (χ3v) is 8.51. The highest BCUT2D eigenvalue weighted by Gasteiger charge is 2.39. The highest BCUT2D eigenvalue weighted by Crippen LogP contribution is 2.30. The Balaban J connectivity index is 1.01. The minimum atomic E-state index is -1.15. The van der Waals surface area contributed by atoms with Gasteiger partial charge >= 0.3 is 0 Å². The van der Waals surface area contributed by atoms with E-state index in [1.54, 1.807) is 35.4 Å². The quantitative estimate of drug-likeness (QED) is 0.398. The Morgan fingerprint density at radius 3 is 2.69 bits per heavy atom. The van der Waals surface area contributed by atoms with E-state index in [-0.39, 0.29) is 36.5 Å². The number of nitrogens with one attached hydrogen (secondary N) is 2. The number of carbonyl (C=O) groups is 3. The molecule has 3 aromatic rings. The monoisotopic (exact) mass is 593 g/mol. The number of alkyl halides is 1. The number of fused-ring (bicyclic) bond motifs is 1. The number of piperidine rings is 2. The number of hydrogen-bond acceptors (Lipinski definition) is 6. The van der Waals surface area contributed by atoms with Gasteiger partial charge in [0.25, 0.3) is 5.91 Å². The lowest BCUT2D eigenvalue weighted by Crippen LogP contribution is -2.52. The molecular formula is C31H30ClF2N5O3. The van der Waals surface area contributed by atoms with Crippen LogP contribution in [0, 0.1) is 11.7 Å². The van der Waals surface area contributed by atoms with Crippen molar-refractivity contribution in [2.75, 3.05) is 24.5 Å². The second kappa shape index (κ2) is 11.8. The van der Waals surface area contributed by atoms with Gasteiger partial charge in [0.05, 0.1) is 6.54 Å². The summed E-state index contributed by atoms with van der Waals surface area (Å²) in [5.41, 5.74) is 3.70. The normalized spacial score (nSPS) is 22.4. The Morgan fingerprint density at radius 2 is 1.93 bits per heavy atom. The average Bonchev–Trinajstić information content (AvgIpc) is 3.29. The van der Waals surface area contributed by atoms with Crippen LogP contribution in [0.1, 0.15) is 40.7 Å². The summed E-state index contributed by atoms with van der Waals surface area (Å²) in [6.07, 6.45) is 1.50. The number of nitrogens with zero attached hydrogens (tertiary/aromatic N) is 3. The standard InChI is InChI=1S/C31H30ClF2N5O3/c32-23-3-1-2-19(11-23)21-12-25(33)29(36-15-21)38-9-8-20(26(34)17-38)14-35-13-18-4-5-24-22(10-18)16-39(31(24)42)27-6-7-28(40)37-30(27)41/h1-5,10-12,15,20,26-27,35H,6-9,13-14,16-17H2,(H,37,40,41). The molecule has 3 unspecified atom stereocenters. The van der Waals surface area contributed by atoms with Crippen molar-refractivity contribution in [1.29, 1.82) is 0 Å². The number of carbonyl (C=O) groups excluding carboxylic acids is 3. The predicted molar refractivity (Wildman–Crippen MR) is 154 cm³/mol. The smallest absolute Gasteiger partial charge is 0.255 e. The first-order valence-corrected chi connectivity index (χ1v) is 14.4. The first-order chi connectivity index (χ1) is 20.3. The molecule has 3 aliphatic rings. The summed E-state index contributed by atoms with van der Waals surface area (Å²) in [6.45, 7) is 1.81. The lowest BCUT2D eigenvalue weighted by Gasteiger charge is -2.35. The average molecular weight is 594 g/mol. The molecule has 0 bridgehead atoms. The zero-order valence-electron chi connectivity index (χ0n) is 22.8. The number of anilines is 1. The van der Waals surface area contributed by atoms with Gasteiger partial charge in [-0.3, -0.25) is 19.7 Å². The van der Waals surface area contributed by atoms with Crippen molar-refractivity contribution in [3.63, 3.8) is 0 Å². The van der Waals surface area contributed by atoms with E-state index in [2.05, 4.69) is 15.6 Å². The lowest BCUT2D eigenvalue weighted by molar-refractivity contribution is -0.136. The molecule has 0 aliphatic carbocycles. The number of imide groups is 1. The molecular weight excluding hydrogens is 564 g/mol. The third-order valence-electron chi connectivity index (χ3n) is 8.28. The zero-order chi connectivity index (χ0) is 29.4. The topological polar surface area (TPSA) is 94.6 Å². The zero-order valence-corrected chi connectivity index (χ0v) is 23.5. The van der Waals surface area contributed by atoms with Crippen molar-refractivity contribution in [3.05, 3.63) is 82.3 Å². The third kappa shape index (κ3) is 5.73. The highest BCUT2D eigenvalue weighted by molar-refractivity contribution is 6.30.